The molecule has 582 valence electrons. The molecule has 0 bridgehead atoms. The van der Waals surface area contributed by atoms with Gasteiger partial charge in [0.15, 0.2) is 0 Å². The minimum atomic E-state index is -0.885. The third kappa shape index (κ3) is 39.3. The zero-order valence-electron chi connectivity index (χ0n) is 63.7. The first-order chi connectivity index (χ1) is 47.5. The molecule has 5 rings (SSSR count). The predicted octanol–water partition coefficient (Wildman–Crippen LogP) is 3.57. The molecular formula is C71H124N12O19. The summed E-state index contributed by atoms with van der Waals surface area (Å²) in [6.07, 6.45) is 7.43. The van der Waals surface area contributed by atoms with Gasteiger partial charge in [0.2, 0.25) is 53.2 Å². The van der Waals surface area contributed by atoms with Gasteiger partial charge >= 0.3 is 30.0 Å². The highest BCUT2D eigenvalue weighted by molar-refractivity contribution is 5.90. The number of nitriles is 1. The molecule has 0 aromatic heterocycles. The Kier molecular flexibility index (Phi) is 44.8. The van der Waals surface area contributed by atoms with Gasteiger partial charge in [0.1, 0.15) is 35.8 Å². The van der Waals surface area contributed by atoms with Gasteiger partial charge in [0, 0.05) is 80.1 Å². The van der Waals surface area contributed by atoms with E-state index in [2.05, 4.69) is 77.2 Å². The number of carboxylic acids is 1. The maximum atomic E-state index is 12.1. The molecule has 10 amide bonds. The van der Waals surface area contributed by atoms with Crippen molar-refractivity contribution in [3.05, 3.63) is 0 Å². The van der Waals surface area contributed by atoms with Crippen LogP contribution in [0.1, 0.15) is 194 Å². The van der Waals surface area contributed by atoms with E-state index in [0.717, 1.165) is 38.5 Å². The van der Waals surface area contributed by atoms with Crippen LogP contribution in [0.25, 0.3) is 0 Å². The lowest BCUT2D eigenvalue weighted by molar-refractivity contribution is -0.146. The topological polar surface area (TPSA) is 480 Å². The van der Waals surface area contributed by atoms with E-state index >= 15 is 0 Å². The minimum absolute atomic E-state index is 0.00951. The lowest BCUT2D eigenvalue weighted by Gasteiger charge is -2.23. The van der Waals surface area contributed by atoms with E-state index < -0.39 is 71.7 Å². The number of primary amides is 1. The molecule has 0 aromatic rings. The number of hydrogen-bond acceptors (Lipinski definition) is 20. The largest absolute Gasteiger partial charge is 0.481 e. The number of aliphatic carboxylic acids is 1. The molecule has 31 heteroatoms. The van der Waals surface area contributed by atoms with Gasteiger partial charge in [-0.2, -0.15) is 5.26 Å². The third-order valence-corrected chi connectivity index (χ3v) is 17.1. The number of carboxylic acid groups (broad SMARTS) is 1. The summed E-state index contributed by atoms with van der Waals surface area (Å²) >= 11 is 0. The highest BCUT2D eigenvalue weighted by Gasteiger charge is 2.37. The first-order valence-corrected chi connectivity index (χ1v) is 35.7. The number of nitrogens with one attached hydrogen (secondary N) is 9. The van der Waals surface area contributed by atoms with Gasteiger partial charge in [-0.25, -0.2) is 14.4 Å². The van der Waals surface area contributed by atoms with Crippen molar-refractivity contribution in [2.45, 2.75) is 230 Å². The van der Waals surface area contributed by atoms with E-state index in [0.29, 0.717) is 94.9 Å². The smallest absolute Gasteiger partial charge is 0.408 e. The highest BCUT2D eigenvalue weighted by atomic mass is 16.6. The van der Waals surface area contributed by atoms with Crippen LogP contribution in [0.15, 0.2) is 0 Å². The quantitative estimate of drug-likeness (QED) is 0.0361. The van der Waals surface area contributed by atoms with Crippen molar-refractivity contribution in [2.75, 3.05) is 54.1 Å². The van der Waals surface area contributed by atoms with Gasteiger partial charge in [0.25, 0.3) is 0 Å². The second-order valence-electron chi connectivity index (χ2n) is 29.6. The summed E-state index contributed by atoms with van der Waals surface area (Å²) in [5.74, 6) is -3.49. The summed E-state index contributed by atoms with van der Waals surface area (Å²) in [5.41, 5.74) is 10.2. The number of alkyl carbamates (subject to hydrolysis) is 1. The molecule has 31 nitrogen and oxygen atoms in total. The molecular weight excluding hydrogens is 1320 g/mol. The van der Waals surface area contributed by atoms with Gasteiger partial charge in [0.05, 0.1) is 33.3 Å². The lowest BCUT2D eigenvalue weighted by Crippen LogP contribution is -2.47. The molecule has 0 spiro atoms. The number of amides is 10. The second kappa shape index (κ2) is 48.7. The van der Waals surface area contributed by atoms with Gasteiger partial charge < -0.3 is 83.4 Å². The standard InChI is InChI=1S/C15H26N2O4.C14H25N3O3.C14H23N3O2.C13H22N2O5.C8H14N2O3.C7H14O2/c1-9(2)7-10(3)13(18)17-12(15(20)21-4)8-11-5-6-16-14(11)19;1-8(2)6-9(3)13(19)17-11(12(15)18)7-10-4-5-16-14(10)20;1-9(2)6-10(3)13(18)17-12(8-15)7-11-4-5-16-14(11)19;1-13(2,3)20-12(18)15-9(11(17)19-4)7-8-5-6-14-10(8)16;1-13-8(12)6(9)4-5-2-3-10-7(5)11;1-5(2)4-6(3)7(8)9/h9-12H,5-8H2,1-4H3,(H,16,19)(H,17,18);8-11H,4-7H2,1-3H3,(H2,15,18)(H,16,20)(H,17,19);9-12H,4-7H2,1-3H3,(H,16,19)(H,17,18);8-9H,5-7H2,1-4H3,(H,14,16)(H,15,18);5-6H,2-4,9H2,1H3,(H,10,11);5-6H,4H2,1-3H3,(H,8,9)/t10-,11-,12-;9-,10-,11-;10-,11-,12-;8-,9-;5-,6-;6-/m000000/s1. The van der Waals surface area contributed by atoms with Crippen molar-refractivity contribution in [1.82, 2.24) is 47.9 Å². The summed E-state index contributed by atoms with van der Waals surface area (Å²) in [6, 6.07) is -1.59. The van der Waals surface area contributed by atoms with Crippen molar-refractivity contribution in [2.24, 2.45) is 88.4 Å². The Morgan fingerprint density at radius 2 is 0.745 bits per heavy atom. The molecule has 5 saturated heterocycles. The number of nitrogens with two attached hydrogens (primary N) is 2. The Morgan fingerprint density at radius 3 is 1.01 bits per heavy atom. The number of ether oxygens (including phenoxy) is 4. The summed E-state index contributed by atoms with van der Waals surface area (Å²) in [7, 11) is 3.81. The monoisotopic (exact) mass is 1450 g/mol. The van der Waals surface area contributed by atoms with E-state index in [4.69, 9.17) is 31.3 Å². The molecule has 0 aromatic carbocycles. The molecule has 0 saturated carbocycles. The van der Waals surface area contributed by atoms with Crippen molar-refractivity contribution in [3.63, 3.8) is 0 Å². The lowest BCUT2D eigenvalue weighted by atomic mass is 9.95. The molecule has 5 aliphatic rings. The first kappa shape index (κ1) is 93.8. The Labute approximate surface area is 603 Å². The molecule has 5 heterocycles. The third-order valence-electron chi connectivity index (χ3n) is 17.1. The van der Waals surface area contributed by atoms with Crippen LogP contribution in [0.2, 0.25) is 0 Å². The van der Waals surface area contributed by atoms with E-state index in [-0.39, 0.29) is 113 Å². The number of nitrogens with zero attached hydrogens (tertiary/aromatic N) is 1. The molecule has 0 aliphatic carbocycles. The maximum Gasteiger partial charge on any atom is 0.408 e. The normalized spacial score (nSPS) is 20.7. The minimum Gasteiger partial charge on any atom is -0.481 e. The highest BCUT2D eigenvalue weighted by Crippen LogP contribution is 2.23. The van der Waals surface area contributed by atoms with Crippen LogP contribution in [0.4, 0.5) is 4.79 Å². The average molecular weight is 1450 g/mol. The van der Waals surface area contributed by atoms with Crippen LogP contribution in [-0.4, -0.2) is 178 Å². The molecule has 5 aliphatic heterocycles. The SMILES string of the molecule is CC(C)C[C@H](C)C(=O)N[C@@H](C[C@@H]1CCNC1=O)C(N)=O.CC(C)C[C@H](C)C(=O)N[C@H](C#N)C[C@@H]1CCNC1=O.CC(C)C[C@H](C)C(=O)O.COC(=O)[C@@H](N)C[C@@H]1CCNC1=O.COC(=O)[C@H](C[C@@H]1CCNC1=O)NC(=O)OC(C)(C)C.COC(=O)[C@H](C[C@@H]1CCNC1=O)NC(=O)[C@@H](C)CC(C)C. The fourth-order valence-electron chi connectivity index (χ4n) is 11.8. The van der Waals surface area contributed by atoms with Crippen LogP contribution in [-0.2, 0) is 81.3 Å². The fourth-order valence-corrected chi connectivity index (χ4v) is 11.8. The van der Waals surface area contributed by atoms with Crippen LogP contribution in [0.5, 0.6) is 0 Å². The Bertz CT molecular complexity index is 2770. The van der Waals surface area contributed by atoms with E-state index in [1.165, 1.54) is 21.3 Å². The van der Waals surface area contributed by atoms with Crippen LogP contribution >= 0.6 is 0 Å². The Balaban J connectivity index is 0.00000122. The zero-order valence-corrected chi connectivity index (χ0v) is 63.7. The van der Waals surface area contributed by atoms with Gasteiger partial charge in [-0.15, -0.1) is 0 Å². The van der Waals surface area contributed by atoms with Crippen LogP contribution in [0.3, 0.4) is 0 Å². The molecule has 0 unspecified atom stereocenters. The van der Waals surface area contributed by atoms with Gasteiger partial charge in [-0.3, -0.25) is 52.7 Å². The van der Waals surface area contributed by atoms with Crippen molar-refractivity contribution >= 4 is 83.1 Å². The summed E-state index contributed by atoms with van der Waals surface area (Å²) in [5, 5.41) is 41.7. The first-order valence-electron chi connectivity index (χ1n) is 35.7. The number of hydrogen-bond donors (Lipinski definition) is 12. The second-order valence-corrected chi connectivity index (χ2v) is 29.6. The average Bonchev–Trinajstić information content (AvgIpc) is 1.62. The molecule has 102 heavy (non-hydrogen) atoms. The number of rotatable bonds is 30. The number of carbonyl (C=O) groups is 14. The zero-order chi connectivity index (χ0) is 78.3. The number of esters is 3. The maximum absolute atomic E-state index is 12.1. The summed E-state index contributed by atoms with van der Waals surface area (Å²) < 4.78 is 18.9. The molecule has 0 radical (unpaired) electrons. The van der Waals surface area contributed by atoms with E-state index in [9.17, 15) is 67.1 Å². The predicted molar refractivity (Wildman–Crippen MR) is 379 cm³/mol. The van der Waals surface area contributed by atoms with Crippen molar-refractivity contribution < 1.29 is 91.2 Å². The fraction of sp³-hybridized carbons (Fsp3) is 0.789. The molecule has 14 N–H and O–H groups in total. The van der Waals surface area contributed by atoms with Crippen molar-refractivity contribution in [1.29, 1.82) is 5.26 Å². The molecule has 14 atom stereocenters. The summed E-state index contributed by atoms with van der Waals surface area (Å²) in [6.45, 7) is 32.0. The number of methoxy groups -OCH3 is 3. The van der Waals surface area contributed by atoms with Crippen molar-refractivity contribution in [3.8, 4) is 6.07 Å². The Hall–Kier alpha value is -8.17. The molecule has 5 fully saturated rings. The number of carbonyl (C=O) groups excluding carboxylic acids is 13. The summed E-state index contributed by atoms with van der Waals surface area (Å²) in [4.78, 5) is 161. The van der Waals surface area contributed by atoms with Gasteiger partial charge in [-0.05, 0) is 134 Å². The van der Waals surface area contributed by atoms with Gasteiger partial charge in [-0.1, -0.05) is 83.1 Å². The Morgan fingerprint density at radius 1 is 0.461 bits per heavy atom. The van der Waals surface area contributed by atoms with E-state index in [1.807, 2.05) is 62.3 Å². The van der Waals surface area contributed by atoms with Crippen LogP contribution < -0.4 is 59.3 Å². The van der Waals surface area contributed by atoms with E-state index in [1.54, 1.807) is 27.7 Å². The van der Waals surface area contributed by atoms with Crippen LogP contribution in [0, 0.1) is 88.3 Å².